The quantitative estimate of drug-likeness (QED) is 0.289. The van der Waals surface area contributed by atoms with E-state index in [1.54, 1.807) is 0 Å². The zero-order valence-corrected chi connectivity index (χ0v) is 5.38. The van der Waals surface area contributed by atoms with Crippen LogP contribution in [-0.2, 0) is 14.4 Å². The normalized spacial score (nSPS) is 8.73. The van der Waals surface area contributed by atoms with Gasteiger partial charge in [0.25, 0.3) is 0 Å². The van der Waals surface area contributed by atoms with Gasteiger partial charge in [-0.1, -0.05) is 0 Å². The second-order valence-electron chi connectivity index (χ2n) is 1.70. The molecular formula is C5H6NO5+. The lowest BCUT2D eigenvalue weighted by Gasteiger charge is -1.88. The van der Waals surface area contributed by atoms with Crippen LogP contribution < -0.4 is 0 Å². The third-order valence-corrected chi connectivity index (χ3v) is 0.818. The summed E-state index contributed by atoms with van der Waals surface area (Å²) in [6.07, 6.45) is -0.913. The molecule has 0 spiro atoms. The van der Waals surface area contributed by atoms with Gasteiger partial charge in [-0.15, -0.1) is 0 Å². The van der Waals surface area contributed by atoms with Crippen molar-refractivity contribution in [2.75, 3.05) is 0 Å². The molecule has 0 atom stereocenters. The number of nitrogens with one attached hydrogen (secondary N) is 1. The Morgan fingerprint density at radius 3 is 2.09 bits per heavy atom. The van der Waals surface area contributed by atoms with Crippen LogP contribution in [0.1, 0.15) is 6.42 Å². The van der Waals surface area contributed by atoms with E-state index >= 15 is 0 Å². The molecule has 60 valence electrons. The SMILES string of the molecule is N=C(C(=O)[OH2+])C(=O)CC(=O)O. The number of ketones is 1. The van der Waals surface area contributed by atoms with Gasteiger partial charge < -0.3 is 10.2 Å². The minimum Gasteiger partial charge on any atom is -0.560 e. The molecule has 0 saturated heterocycles. The van der Waals surface area contributed by atoms with Crippen molar-refractivity contribution in [3.63, 3.8) is 0 Å². The molecule has 6 nitrogen and oxygen atoms in total. The van der Waals surface area contributed by atoms with E-state index in [2.05, 4.69) is 0 Å². The van der Waals surface area contributed by atoms with Crippen LogP contribution in [0.2, 0.25) is 0 Å². The number of carboxylic acid groups (broad SMARTS) is 1. The van der Waals surface area contributed by atoms with Crippen molar-refractivity contribution in [2.45, 2.75) is 6.42 Å². The summed E-state index contributed by atoms with van der Waals surface area (Å²) in [6.45, 7) is 0. The molecule has 0 rings (SSSR count). The standard InChI is InChI=1S/C5H5NO5/c6-4(5(10)11)2(7)1-3(8)9/h6H,1H2,(H,8,9)(H,10,11)/p+1. The van der Waals surface area contributed by atoms with Crippen molar-refractivity contribution in [1.29, 1.82) is 5.41 Å². The van der Waals surface area contributed by atoms with Gasteiger partial charge in [-0.05, 0) is 0 Å². The molecule has 0 amide bonds. The van der Waals surface area contributed by atoms with E-state index in [-0.39, 0.29) is 0 Å². The Hall–Kier alpha value is -1.72. The monoisotopic (exact) mass is 160 g/mol. The Morgan fingerprint density at radius 1 is 1.36 bits per heavy atom. The highest BCUT2D eigenvalue weighted by Gasteiger charge is 2.25. The van der Waals surface area contributed by atoms with Crippen LogP contribution in [0.4, 0.5) is 0 Å². The van der Waals surface area contributed by atoms with Crippen LogP contribution in [0.3, 0.4) is 0 Å². The largest absolute Gasteiger partial charge is 0.570 e. The van der Waals surface area contributed by atoms with Gasteiger partial charge in [0, 0.05) is 0 Å². The maximum atomic E-state index is 10.4. The molecule has 11 heavy (non-hydrogen) atoms. The molecule has 0 aromatic rings. The first-order valence-electron chi connectivity index (χ1n) is 2.54. The lowest BCUT2D eigenvalue weighted by atomic mass is 10.2. The molecule has 6 heteroatoms. The van der Waals surface area contributed by atoms with Crippen molar-refractivity contribution < 1.29 is 24.6 Å². The topological polar surface area (TPSA) is 118 Å². The predicted octanol–water partition coefficient (Wildman–Crippen LogP) is -1.70. The summed E-state index contributed by atoms with van der Waals surface area (Å²) in [5.41, 5.74) is -1.09. The van der Waals surface area contributed by atoms with Crippen LogP contribution in [0.15, 0.2) is 0 Å². The maximum Gasteiger partial charge on any atom is 0.570 e. The highest BCUT2D eigenvalue weighted by Crippen LogP contribution is 1.86. The fourth-order valence-corrected chi connectivity index (χ4v) is 0.352. The van der Waals surface area contributed by atoms with Gasteiger partial charge in [0.05, 0.1) is 4.79 Å². The lowest BCUT2D eigenvalue weighted by molar-refractivity contribution is -0.139. The summed E-state index contributed by atoms with van der Waals surface area (Å²) in [5, 5.41) is 20.9. The van der Waals surface area contributed by atoms with Crippen molar-refractivity contribution in [3.8, 4) is 0 Å². The summed E-state index contributed by atoms with van der Waals surface area (Å²) < 4.78 is 0. The number of rotatable bonds is 4. The van der Waals surface area contributed by atoms with Crippen LogP contribution in [0, 0.1) is 5.41 Å². The number of hydrogen-bond donors (Lipinski definition) is 2. The smallest absolute Gasteiger partial charge is 0.560 e. The number of carbonyl (C=O) groups excluding carboxylic acids is 2. The third-order valence-electron chi connectivity index (χ3n) is 0.818. The fraction of sp³-hybridized carbons (Fsp3) is 0.200. The number of Topliss-reactive ketones (excluding diaryl/α,β-unsaturated/α-hetero) is 1. The van der Waals surface area contributed by atoms with Crippen LogP contribution in [0.25, 0.3) is 0 Å². The molecule has 0 aromatic heterocycles. The summed E-state index contributed by atoms with van der Waals surface area (Å²) in [7, 11) is 0. The number of carbonyl (C=O) groups is 3. The molecule has 0 fully saturated rings. The molecule has 0 aliphatic carbocycles. The van der Waals surface area contributed by atoms with Gasteiger partial charge in [0.15, 0.2) is 0 Å². The van der Waals surface area contributed by atoms with E-state index in [0.29, 0.717) is 0 Å². The van der Waals surface area contributed by atoms with Gasteiger partial charge in [0.1, 0.15) is 6.42 Å². The molecule has 0 saturated carbocycles. The average Bonchev–Trinajstić information content (AvgIpc) is 1.84. The lowest BCUT2D eigenvalue weighted by Crippen LogP contribution is -2.24. The van der Waals surface area contributed by atoms with E-state index in [4.69, 9.17) is 15.6 Å². The molecule has 0 unspecified atom stereocenters. The van der Waals surface area contributed by atoms with Crippen molar-refractivity contribution in [3.05, 3.63) is 0 Å². The van der Waals surface area contributed by atoms with Gasteiger partial charge in [-0.2, -0.15) is 0 Å². The van der Waals surface area contributed by atoms with Crippen LogP contribution in [0.5, 0.6) is 0 Å². The Balaban J connectivity index is 4.16. The fourth-order valence-electron chi connectivity index (χ4n) is 0.352. The third kappa shape index (κ3) is 3.09. The van der Waals surface area contributed by atoms with Crippen LogP contribution >= 0.6 is 0 Å². The maximum absolute atomic E-state index is 10.4. The number of carboxylic acids is 1. The summed E-state index contributed by atoms with van der Waals surface area (Å²) >= 11 is 0. The Bertz CT molecular complexity index is 231. The molecule has 0 aliphatic heterocycles. The Kier molecular flexibility index (Phi) is 2.91. The Labute approximate surface area is 61.0 Å². The minimum absolute atomic E-state index is 0.913. The molecule has 0 radical (unpaired) electrons. The van der Waals surface area contributed by atoms with E-state index in [9.17, 15) is 14.4 Å². The summed E-state index contributed by atoms with van der Waals surface area (Å²) in [4.78, 5) is 30.3. The Morgan fingerprint density at radius 2 is 1.82 bits per heavy atom. The highest BCUT2D eigenvalue weighted by molar-refractivity contribution is 6.63. The second-order valence-corrected chi connectivity index (χ2v) is 1.70. The van der Waals surface area contributed by atoms with Gasteiger partial charge >= 0.3 is 11.9 Å². The molecule has 0 heterocycles. The highest BCUT2D eigenvalue weighted by atomic mass is 16.4. The molecule has 0 aliphatic rings. The predicted molar refractivity (Wildman–Crippen MR) is 33.6 cm³/mol. The van der Waals surface area contributed by atoms with E-state index in [0.717, 1.165) is 0 Å². The van der Waals surface area contributed by atoms with Gasteiger partial charge in [-0.25, -0.2) is 0 Å². The van der Waals surface area contributed by atoms with Crippen LogP contribution in [-0.4, -0.2) is 33.6 Å². The average molecular weight is 160 g/mol. The second kappa shape index (κ2) is 3.45. The van der Waals surface area contributed by atoms with E-state index in [1.165, 1.54) is 0 Å². The van der Waals surface area contributed by atoms with E-state index in [1.807, 2.05) is 0 Å². The first kappa shape index (κ1) is 9.28. The summed E-state index contributed by atoms with van der Waals surface area (Å²) in [6, 6.07) is 0. The molecule has 4 N–H and O–H groups in total. The van der Waals surface area contributed by atoms with E-state index < -0.39 is 29.9 Å². The summed E-state index contributed by atoms with van der Waals surface area (Å²) in [5.74, 6) is -4.02. The van der Waals surface area contributed by atoms with Gasteiger partial charge in [0.2, 0.25) is 11.5 Å². The zero-order chi connectivity index (χ0) is 9.02. The van der Waals surface area contributed by atoms with Crippen molar-refractivity contribution in [1.82, 2.24) is 0 Å². The van der Waals surface area contributed by atoms with Crippen molar-refractivity contribution >= 4 is 23.4 Å². The number of aliphatic carboxylic acids is 1. The number of hydrogen-bond acceptors (Lipinski definition) is 4. The first-order valence-corrected chi connectivity index (χ1v) is 2.54. The molecule has 0 bridgehead atoms. The zero-order valence-electron chi connectivity index (χ0n) is 5.38. The van der Waals surface area contributed by atoms with Gasteiger partial charge in [-0.3, -0.25) is 15.0 Å². The molecule has 0 aromatic carbocycles. The van der Waals surface area contributed by atoms with Crippen molar-refractivity contribution in [2.24, 2.45) is 0 Å². The first-order chi connectivity index (χ1) is 4.95. The molecular weight excluding hydrogens is 154 g/mol. The minimum atomic E-state index is -1.46.